The predicted octanol–water partition coefficient (Wildman–Crippen LogP) is 5.53. The van der Waals surface area contributed by atoms with Crippen molar-refractivity contribution >= 4 is 39.9 Å². The van der Waals surface area contributed by atoms with Gasteiger partial charge in [-0.25, -0.2) is 0 Å². The lowest BCUT2D eigenvalue weighted by Gasteiger charge is -2.47. The Hall–Kier alpha value is -1.88. The van der Waals surface area contributed by atoms with Gasteiger partial charge in [0.2, 0.25) is 0 Å². The molecule has 0 N–H and O–H groups in total. The molecule has 0 saturated carbocycles. The Balaban J connectivity index is 1.28. The Morgan fingerprint density at radius 1 is 1.15 bits per heavy atom. The monoisotopic (exact) mass is 632 g/mol. The van der Waals surface area contributed by atoms with Crippen molar-refractivity contribution < 1.29 is 19.0 Å². The lowest BCUT2D eigenvalue weighted by Crippen LogP contribution is -2.58. The number of likely N-dealkylation sites (tertiary alicyclic amines) is 1. The van der Waals surface area contributed by atoms with E-state index in [1.165, 1.54) is 16.7 Å². The molecule has 8 nitrogen and oxygen atoms in total. The van der Waals surface area contributed by atoms with Gasteiger partial charge in [-0.1, -0.05) is 17.7 Å². The highest BCUT2D eigenvalue weighted by Gasteiger charge is 2.42. The summed E-state index contributed by atoms with van der Waals surface area (Å²) >= 11 is 9.98. The highest BCUT2D eigenvalue weighted by molar-refractivity contribution is 9.10. The van der Waals surface area contributed by atoms with Gasteiger partial charge in [-0.15, -0.1) is 0 Å². The first-order chi connectivity index (χ1) is 19.0. The van der Waals surface area contributed by atoms with Crippen molar-refractivity contribution in [3.63, 3.8) is 0 Å². The van der Waals surface area contributed by atoms with Crippen molar-refractivity contribution in [2.75, 3.05) is 39.3 Å². The van der Waals surface area contributed by atoms with Crippen LogP contribution in [0.5, 0.6) is 0 Å². The van der Waals surface area contributed by atoms with E-state index in [-0.39, 0.29) is 31.1 Å². The van der Waals surface area contributed by atoms with Crippen LogP contribution in [0.1, 0.15) is 62.0 Å². The van der Waals surface area contributed by atoms with Crippen LogP contribution in [-0.2, 0) is 22.4 Å². The number of pyridine rings is 1. The van der Waals surface area contributed by atoms with E-state index in [9.17, 15) is 14.8 Å². The summed E-state index contributed by atoms with van der Waals surface area (Å²) in [6.45, 7) is 8.66. The minimum absolute atomic E-state index is 0.0246. The minimum atomic E-state index is -0.971. The number of amides is 1. The molecule has 2 aromatic rings. The summed E-state index contributed by atoms with van der Waals surface area (Å²) in [7, 11) is 0. The van der Waals surface area contributed by atoms with Crippen LogP contribution in [0.4, 0.5) is 4.79 Å². The normalized spacial score (nSPS) is 26.8. The van der Waals surface area contributed by atoms with E-state index >= 15 is 0 Å². The van der Waals surface area contributed by atoms with Crippen molar-refractivity contribution in [1.82, 2.24) is 14.8 Å². The Morgan fingerprint density at radius 2 is 1.82 bits per heavy atom. The number of nitrogens with zero attached hydrogens (tertiary/aromatic N) is 4. The van der Waals surface area contributed by atoms with Gasteiger partial charge in [-0.05, 0) is 90.4 Å². The lowest BCUT2D eigenvalue weighted by atomic mass is 9.88. The molecule has 0 radical (unpaired) electrons. The van der Waals surface area contributed by atoms with Crippen molar-refractivity contribution in [1.29, 1.82) is 0 Å². The van der Waals surface area contributed by atoms with Crippen LogP contribution in [0, 0.1) is 11.1 Å². The molecule has 216 valence electrons. The number of ether oxygens (including phenoxy) is 1. The molecule has 5 rings (SSSR count). The zero-order valence-corrected chi connectivity index (χ0v) is 25.8. The molecular formula is C30H38BrClN4O4. The number of aldehydes is 1. The maximum Gasteiger partial charge on any atom is 0.516 e. The maximum atomic E-state index is 13.2. The fourth-order valence-electron chi connectivity index (χ4n) is 6.45. The van der Waals surface area contributed by atoms with Crippen LogP contribution >= 0.6 is 27.5 Å². The van der Waals surface area contributed by atoms with Crippen molar-refractivity contribution in [3.05, 3.63) is 67.5 Å². The fraction of sp³-hybridized carbons (Fsp3) is 0.567. The topological polar surface area (TPSA) is 85.8 Å². The minimum Gasteiger partial charge on any atom is -0.622 e. The third-order valence-corrected chi connectivity index (χ3v) is 9.17. The van der Waals surface area contributed by atoms with Gasteiger partial charge in [0.15, 0.2) is 0 Å². The SMILES string of the molecule is CC(C)(C)OC(=O)[N+]1([O-])CCC(C(C=O)N2CCN([C@H]3c4ccc(Cl)cc4CCc4cc(Br)cnc43)CC2)CC1. The molecule has 1 aromatic heterocycles. The number of hydrogen-bond donors (Lipinski definition) is 0. The van der Waals surface area contributed by atoms with Crippen LogP contribution in [0.15, 0.2) is 34.9 Å². The number of carbonyl (C=O) groups is 2. The van der Waals surface area contributed by atoms with Crippen LogP contribution in [0.25, 0.3) is 0 Å². The third-order valence-electron chi connectivity index (χ3n) is 8.50. The molecule has 3 heterocycles. The quantitative estimate of drug-likeness (QED) is 0.249. The molecule has 2 saturated heterocycles. The Morgan fingerprint density at radius 3 is 2.48 bits per heavy atom. The molecule has 1 unspecified atom stereocenters. The van der Waals surface area contributed by atoms with E-state index < -0.39 is 16.3 Å². The van der Waals surface area contributed by atoms with Crippen LogP contribution in [0.2, 0.25) is 5.02 Å². The van der Waals surface area contributed by atoms with Crippen molar-refractivity contribution in [2.45, 2.75) is 64.1 Å². The summed E-state index contributed by atoms with van der Waals surface area (Å²) < 4.78 is 5.39. The Labute approximate surface area is 249 Å². The summed E-state index contributed by atoms with van der Waals surface area (Å²) in [4.78, 5) is 34.5. The number of rotatable bonds is 4. The van der Waals surface area contributed by atoms with E-state index in [4.69, 9.17) is 21.3 Å². The molecule has 1 aromatic carbocycles. The number of fused-ring (bicyclic) bond motifs is 2. The van der Waals surface area contributed by atoms with Gasteiger partial charge in [0, 0.05) is 54.7 Å². The van der Waals surface area contributed by atoms with Gasteiger partial charge in [0.1, 0.15) is 11.9 Å². The number of halogens is 2. The number of quaternary nitrogens is 1. The van der Waals surface area contributed by atoms with E-state index in [1.807, 2.05) is 12.3 Å². The molecular weight excluding hydrogens is 596 g/mol. The number of piperidine rings is 1. The standard InChI is InChI=1S/C30H38BrClN4O4/c1-30(2,3)40-29(38)36(39)14-8-20(9-15-36)26(19-37)34-10-12-35(13-11-34)28-25-7-6-24(32)17-21(25)4-5-22-16-23(31)18-33-27(22)28/h6-7,16-20,26,28H,4-5,8-15H2,1-3H3/t20?,26?,28-,36?/m0/s1. The third kappa shape index (κ3) is 6.30. The van der Waals surface area contributed by atoms with Gasteiger partial charge >= 0.3 is 6.09 Å². The number of carbonyl (C=O) groups excluding carboxylic acids is 2. The average molecular weight is 634 g/mol. The molecule has 2 aliphatic heterocycles. The maximum absolute atomic E-state index is 13.2. The molecule has 2 atom stereocenters. The van der Waals surface area contributed by atoms with E-state index in [0.29, 0.717) is 12.8 Å². The number of aryl methyl sites for hydroxylation is 2. The van der Waals surface area contributed by atoms with E-state index in [0.717, 1.165) is 60.5 Å². The van der Waals surface area contributed by atoms with E-state index in [2.05, 4.69) is 43.9 Å². The Bertz CT molecular complexity index is 1200. The van der Waals surface area contributed by atoms with Crippen LogP contribution in [0.3, 0.4) is 0 Å². The molecule has 1 aliphatic carbocycles. The highest BCUT2D eigenvalue weighted by atomic mass is 79.9. The van der Waals surface area contributed by atoms with Crippen LogP contribution in [-0.4, -0.2) is 82.7 Å². The van der Waals surface area contributed by atoms with Gasteiger partial charge in [0.25, 0.3) is 0 Å². The molecule has 1 amide bonds. The summed E-state index contributed by atoms with van der Waals surface area (Å²) in [5.41, 5.74) is 4.13. The largest absolute Gasteiger partial charge is 0.622 e. The number of hydrogen-bond acceptors (Lipinski definition) is 7. The molecule has 3 aliphatic rings. The van der Waals surface area contributed by atoms with Crippen LogP contribution < -0.4 is 0 Å². The summed E-state index contributed by atoms with van der Waals surface area (Å²) in [5, 5.41) is 13.9. The van der Waals surface area contributed by atoms with Crippen molar-refractivity contribution in [2.24, 2.45) is 5.92 Å². The van der Waals surface area contributed by atoms with Gasteiger partial charge in [-0.3, -0.25) is 19.4 Å². The number of benzene rings is 1. The second-order valence-electron chi connectivity index (χ2n) is 12.3. The molecule has 40 heavy (non-hydrogen) atoms. The highest BCUT2D eigenvalue weighted by Crippen LogP contribution is 2.38. The lowest BCUT2D eigenvalue weighted by molar-refractivity contribution is -0.815. The van der Waals surface area contributed by atoms with Gasteiger partial charge in [-0.2, -0.15) is 4.79 Å². The second-order valence-corrected chi connectivity index (χ2v) is 13.6. The number of hydroxylamine groups is 3. The second kappa shape index (κ2) is 11.8. The van der Waals surface area contributed by atoms with Crippen molar-refractivity contribution in [3.8, 4) is 0 Å². The fourth-order valence-corrected chi connectivity index (χ4v) is 7.02. The molecule has 0 bridgehead atoms. The smallest absolute Gasteiger partial charge is 0.516 e. The molecule has 0 spiro atoms. The zero-order chi connectivity index (χ0) is 28.7. The Kier molecular flexibility index (Phi) is 8.72. The molecule has 2 fully saturated rings. The number of aromatic nitrogens is 1. The van der Waals surface area contributed by atoms with Gasteiger partial charge in [0.05, 0.1) is 30.9 Å². The van der Waals surface area contributed by atoms with Gasteiger partial charge < -0.3 is 14.7 Å². The van der Waals surface area contributed by atoms with E-state index in [1.54, 1.807) is 20.8 Å². The first kappa shape index (κ1) is 29.6. The first-order valence-corrected chi connectivity index (χ1v) is 15.3. The first-order valence-electron chi connectivity index (χ1n) is 14.1. The predicted molar refractivity (Wildman–Crippen MR) is 158 cm³/mol. The zero-order valence-electron chi connectivity index (χ0n) is 23.4. The summed E-state index contributed by atoms with van der Waals surface area (Å²) in [5.74, 6) is 0.0483. The summed E-state index contributed by atoms with van der Waals surface area (Å²) in [6, 6.07) is 8.12. The summed E-state index contributed by atoms with van der Waals surface area (Å²) in [6.07, 6.45) is 5.05. The molecule has 10 heteroatoms. The number of piperazine rings is 1. The average Bonchev–Trinajstić information content (AvgIpc) is 3.06.